The number of carbonyl (C=O) groups is 2. The molecule has 148 valence electrons. The number of hydrogen-bond donors (Lipinski definition) is 0. The quantitative estimate of drug-likeness (QED) is 0.610. The van der Waals surface area contributed by atoms with Gasteiger partial charge in [-0.2, -0.15) is 0 Å². The van der Waals surface area contributed by atoms with Gasteiger partial charge in [0.15, 0.2) is 36.3 Å². The highest BCUT2D eigenvalue weighted by atomic mass is 19.1. The van der Waals surface area contributed by atoms with Crippen molar-refractivity contribution in [1.29, 1.82) is 0 Å². The van der Waals surface area contributed by atoms with Gasteiger partial charge in [0.25, 0.3) is 11.8 Å². The average molecular weight is 398 g/mol. The van der Waals surface area contributed by atoms with Crippen molar-refractivity contribution < 1.29 is 27.8 Å². The SMILES string of the molecule is O=C(COc1ccccc1F)N(C(=O)COc1ccccc1F)c1ccccn1. The summed E-state index contributed by atoms with van der Waals surface area (Å²) in [7, 11) is 0. The molecule has 2 amide bonds. The number of pyridine rings is 1. The van der Waals surface area contributed by atoms with Gasteiger partial charge in [0.05, 0.1) is 0 Å². The van der Waals surface area contributed by atoms with E-state index >= 15 is 0 Å². The molecule has 0 radical (unpaired) electrons. The number of amides is 2. The van der Waals surface area contributed by atoms with E-state index in [9.17, 15) is 18.4 Å². The fourth-order valence-corrected chi connectivity index (χ4v) is 2.41. The van der Waals surface area contributed by atoms with Crippen molar-refractivity contribution in [2.75, 3.05) is 18.1 Å². The summed E-state index contributed by atoms with van der Waals surface area (Å²) in [4.78, 5) is 30.0. The monoisotopic (exact) mass is 398 g/mol. The highest BCUT2D eigenvalue weighted by Gasteiger charge is 2.26. The predicted molar refractivity (Wildman–Crippen MR) is 101 cm³/mol. The molecule has 6 nitrogen and oxygen atoms in total. The van der Waals surface area contributed by atoms with E-state index in [0.717, 1.165) is 4.90 Å². The Morgan fingerprint density at radius 1 is 0.759 bits per heavy atom. The molecule has 3 rings (SSSR count). The lowest BCUT2D eigenvalue weighted by Gasteiger charge is -2.20. The minimum absolute atomic E-state index is 0.0387. The molecule has 1 aromatic heterocycles. The van der Waals surface area contributed by atoms with E-state index in [-0.39, 0.29) is 17.3 Å². The summed E-state index contributed by atoms with van der Waals surface area (Å²) in [5.41, 5.74) is 0. The van der Waals surface area contributed by atoms with Crippen molar-refractivity contribution in [3.05, 3.63) is 84.6 Å². The summed E-state index contributed by atoms with van der Waals surface area (Å²) in [6.45, 7) is -1.22. The third kappa shape index (κ3) is 5.13. The van der Waals surface area contributed by atoms with Crippen molar-refractivity contribution in [3.63, 3.8) is 0 Å². The van der Waals surface area contributed by atoms with Crippen molar-refractivity contribution in [2.45, 2.75) is 0 Å². The van der Waals surface area contributed by atoms with Gasteiger partial charge in [0.1, 0.15) is 5.82 Å². The maximum atomic E-state index is 13.7. The number of para-hydroxylation sites is 2. The Labute approximate surface area is 165 Å². The molecule has 3 aromatic rings. The second-order valence-corrected chi connectivity index (χ2v) is 5.75. The normalized spacial score (nSPS) is 10.3. The second kappa shape index (κ2) is 9.41. The van der Waals surface area contributed by atoms with Gasteiger partial charge in [-0.25, -0.2) is 18.7 Å². The van der Waals surface area contributed by atoms with E-state index in [2.05, 4.69) is 4.98 Å². The number of hydrogen-bond acceptors (Lipinski definition) is 5. The molecule has 0 aliphatic heterocycles. The first-order valence-corrected chi connectivity index (χ1v) is 8.57. The van der Waals surface area contributed by atoms with Gasteiger partial charge in [0.2, 0.25) is 0 Å². The van der Waals surface area contributed by atoms with Gasteiger partial charge in [0, 0.05) is 6.20 Å². The van der Waals surface area contributed by atoms with Crippen LogP contribution in [0.15, 0.2) is 72.9 Å². The topological polar surface area (TPSA) is 68.7 Å². The molecular weight excluding hydrogens is 382 g/mol. The molecule has 0 spiro atoms. The molecule has 0 bridgehead atoms. The van der Waals surface area contributed by atoms with Crippen LogP contribution in [0.1, 0.15) is 0 Å². The van der Waals surface area contributed by atoms with Crippen molar-refractivity contribution in [2.24, 2.45) is 0 Å². The van der Waals surface area contributed by atoms with E-state index in [1.807, 2.05) is 0 Å². The maximum Gasteiger partial charge on any atom is 0.273 e. The highest BCUT2D eigenvalue weighted by Crippen LogP contribution is 2.18. The van der Waals surface area contributed by atoms with Crippen LogP contribution in [0.2, 0.25) is 0 Å². The van der Waals surface area contributed by atoms with Crippen molar-refractivity contribution in [1.82, 2.24) is 4.98 Å². The molecular formula is C21H16F2N2O4. The summed E-state index contributed by atoms with van der Waals surface area (Å²) in [5, 5.41) is 0. The molecule has 0 saturated heterocycles. The third-order valence-electron chi connectivity index (χ3n) is 3.75. The van der Waals surface area contributed by atoms with Gasteiger partial charge in [-0.3, -0.25) is 9.59 Å². The Bertz CT molecular complexity index is 937. The number of anilines is 1. The molecule has 0 N–H and O–H groups in total. The lowest BCUT2D eigenvalue weighted by Crippen LogP contribution is -2.43. The lowest BCUT2D eigenvalue weighted by atomic mass is 10.3. The van der Waals surface area contributed by atoms with E-state index in [1.165, 1.54) is 48.7 Å². The Hall–Kier alpha value is -3.81. The lowest BCUT2D eigenvalue weighted by molar-refractivity contribution is -0.128. The average Bonchev–Trinajstić information content (AvgIpc) is 2.73. The summed E-state index contributed by atoms with van der Waals surface area (Å²) >= 11 is 0. The summed E-state index contributed by atoms with van der Waals surface area (Å²) in [5.74, 6) is -3.06. The second-order valence-electron chi connectivity index (χ2n) is 5.75. The summed E-state index contributed by atoms with van der Waals surface area (Å²) < 4.78 is 37.7. The fourth-order valence-electron chi connectivity index (χ4n) is 2.41. The predicted octanol–water partition coefficient (Wildman–Crippen LogP) is 3.38. The van der Waals surface area contributed by atoms with Crippen molar-refractivity contribution >= 4 is 17.6 Å². The van der Waals surface area contributed by atoms with E-state index in [1.54, 1.807) is 24.3 Å². The van der Waals surface area contributed by atoms with E-state index in [4.69, 9.17) is 9.47 Å². The molecule has 0 fully saturated rings. The Morgan fingerprint density at radius 2 is 1.24 bits per heavy atom. The van der Waals surface area contributed by atoms with Crippen LogP contribution in [0.25, 0.3) is 0 Å². The molecule has 0 aliphatic rings. The zero-order chi connectivity index (χ0) is 20.6. The van der Waals surface area contributed by atoms with E-state index < -0.39 is 36.7 Å². The zero-order valence-electron chi connectivity index (χ0n) is 15.1. The van der Waals surface area contributed by atoms with Crippen LogP contribution in [0.5, 0.6) is 11.5 Å². The zero-order valence-corrected chi connectivity index (χ0v) is 15.1. The number of rotatable bonds is 7. The third-order valence-corrected chi connectivity index (χ3v) is 3.75. The summed E-state index contributed by atoms with van der Waals surface area (Å²) in [6, 6.07) is 15.8. The molecule has 29 heavy (non-hydrogen) atoms. The number of carbonyl (C=O) groups excluding carboxylic acids is 2. The van der Waals surface area contributed by atoms with Crippen LogP contribution in [-0.2, 0) is 9.59 Å². The van der Waals surface area contributed by atoms with Crippen molar-refractivity contribution in [3.8, 4) is 11.5 Å². The molecule has 0 unspecified atom stereocenters. The fraction of sp³-hybridized carbons (Fsp3) is 0.0952. The van der Waals surface area contributed by atoms with Crippen LogP contribution in [0.3, 0.4) is 0 Å². The van der Waals surface area contributed by atoms with Gasteiger partial charge in [-0.05, 0) is 36.4 Å². The number of benzene rings is 2. The smallest absolute Gasteiger partial charge is 0.273 e. The van der Waals surface area contributed by atoms with Crippen LogP contribution in [-0.4, -0.2) is 30.0 Å². The molecule has 0 atom stereocenters. The first-order valence-electron chi connectivity index (χ1n) is 8.57. The molecule has 8 heteroatoms. The minimum Gasteiger partial charge on any atom is -0.481 e. The number of imide groups is 1. The first-order chi connectivity index (χ1) is 14.1. The molecule has 1 heterocycles. The Balaban J connectivity index is 1.74. The number of halogens is 2. The van der Waals surface area contributed by atoms with Crippen LogP contribution in [0, 0.1) is 11.6 Å². The number of ether oxygens (including phenoxy) is 2. The van der Waals surface area contributed by atoms with Crippen LogP contribution >= 0.6 is 0 Å². The standard InChI is InChI=1S/C21H16F2N2O4/c22-15-7-1-3-9-17(15)28-13-20(26)25(19-11-5-6-12-24-19)21(27)14-29-18-10-4-2-8-16(18)23/h1-12H,13-14H2. The molecule has 0 saturated carbocycles. The number of nitrogens with zero attached hydrogens (tertiary/aromatic N) is 2. The Kier molecular flexibility index (Phi) is 6.47. The van der Waals surface area contributed by atoms with Crippen LogP contribution in [0.4, 0.5) is 14.6 Å². The van der Waals surface area contributed by atoms with E-state index in [0.29, 0.717) is 0 Å². The Morgan fingerprint density at radius 3 is 1.69 bits per heavy atom. The largest absolute Gasteiger partial charge is 0.481 e. The van der Waals surface area contributed by atoms with Gasteiger partial charge in [-0.1, -0.05) is 30.3 Å². The minimum atomic E-state index is -0.783. The molecule has 0 aliphatic carbocycles. The highest BCUT2D eigenvalue weighted by molar-refractivity contribution is 6.15. The van der Waals surface area contributed by atoms with Gasteiger partial charge >= 0.3 is 0 Å². The first kappa shape index (κ1) is 19.9. The maximum absolute atomic E-state index is 13.7. The van der Waals surface area contributed by atoms with Gasteiger partial charge < -0.3 is 9.47 Å². The summed E-state index contributed by atoms with van der Waals surface area (Å²) in [6.07, 6.45) is 1.40. The number of aromatic nitrogens is 1. The van der Waals surface area contributed by atoms with Gasteiger partial charge in [-0.15, -0.1) is 0 Å². The molecule has 2 aromatic carbocycles. The van der Waals surface area contributed by atoms with Crippen LogP contribution < -0.4 is 14.4 Å².